The number of nitro benzene ring substituents is 2. The van der Waals surface area contributed by atoms with Crippen LogP contribution in [-0.2, 0) is 0 Å². The molecule has 0 amide bonds. The summed E-state index contributed by atoms with van der Waals surface area (Å²) in [6, 6.07) is 43.7. The first-order valence-electron chi connectivity index (χ1n) is 16.5. The number of nitrogens with one attached hydrogen (secondary N) is 1. The molecule has 0 atom stereocenters. The van der Waals surface area contributed by atoms with E-state index < -0.39 is 16.4 Å². The minimum atomic E-state index is -0.793. The molecule has 53 heavy (non-hydrogen) atoms. The summed E-state index contributed by atoms with van der Waals surface area (Å²) >= 11 is 0. The second-order valence-corrected chi connectivity index (χ2v) is 12.2. The zero-order valence-corrected chi connectivity index (χ0v) is 33.5. The maximum absolute atomic E-state index is 13.8. The fourth-order valence-corrected chi connectivity index (χ4v) is 5.47. The van der Waals surface area contributed by atoms with Crippen molar-refractivity contribution in [1.29, 1.82) is 0 Å². The SMILES string of the molecule is CC(C)c1ccccc1N.CC(C)c1ccccc1Nc1c(-c2ccccc2)cccc1[N+](=O)[O-].O=[N+]([O-])c1cccc(-c2ccccc2)c1F.[F-].[K+]. The van der Waals surface area contributed by atoms with Gasteiger partial charge in [-0.3, -0.25) is 20.2 Å². The summed E-state index contributed by atoms with van der Waals surface area (Å²) in [7, 11) is 0. The van der Waals surface area contributed by atoms with E-state index in [2.05, 4.69) is 39.1 Å². The summed E-state index contributed by atoms with van der Waals surface area (Å²) < 4.78 is 13.8. The van der Waals surface area contributed by atoms with Gasteiger partial charge in [0.25, 0.3) is 5.69 Å². The average molecular weight is 743 g/mol. The Balaban J connectivity index is 0.000000298. The molecule has 0 aliphatic carbocycles. The number of para-hydroxylation sites is 3. The normalized spacial score (nSPS) is 10.0. The number of anilines is 3. The molecular formula is C42H41F2KN4O4. The van der Waals surface area contributed by atoms with Gasteiger partial charge in [-0.2, -0.15) is 4.39 Å². The first-order chi connectivity index (χ1) is 24.5. The maximum atomic E-state index is 13.8. The number of nitrogens with two attached hydrogens (primary N) is 1. The number of benzene rings is 6. The zero-order valence-electron chi connectivity index (χ0n) is 30.4. The maximum Gasteiger partial charge on any atom is 1.00 e. The van der Waals surface area contributed by atoms with Crippen LogP contribution in [0.3, 0.4) is 0 Å². The largest absolute Gasteiger partial charge is 1.00 e. The summed E-state index contributed by atoms with van der Waals surface area (Å²) in [6.45, 7) is 8.51. The van der Waals surface area contributed by atoms with Crippen LogP contribution in [0.15, 0.2) is 146 Å². The Kier molecular flexibility index (Phi) is 18.1. The van der Waals surface area contributed by atoms with Crippen LogP contribution in [-0.4, -0.2) is 9.85 Å². The molecule has 8 nitrogen and oxygen atoms in total. The van der Waals surface area contributed by atoms with Gasteiger partial charge in [0.1, 0.15) is 5.69 Å². The molecule has 268 valence electrons. The Bertz CT molecular complexity index is 2080. The Morgan fingerprint density at radius 1 is 0.566 bits per heavy atom. The van der Waals surface area contributed by atoms with Gasteiger partial charge in [-0.1, -0.05) is 149 Å². The molecule has 0 radical (unpaired) electrons. The summed E-state index contributed by atoms with van der Waals surface area (Å²) in [5.41, 5.74) is 12.6. The predicted molar refractivity (Wildman–Crippen MR) is 206 cm³/mol. The molecule has 0 aromatic heterocycles. The van der Waals surface area contributed by atoms with Gasteiger partial charge in [-0.05, 0) is 46.2 Å². The fourth-order valence-electron chi connectivity index (χ4n) is 5.47. The van der Waals surface area contributed by atoms with E-state index in [1.807, 2.05) is 78.9 Å². The third-order valence-electron chi connectivity index (χ3n) is 8.04. The topological polar surface area (TPSA) is 124 Å². The van der Waals surface area contributed by atoms with Crippen LogP contribution in [0.1, 0.15) is 50.7 Å². The minimum absolute atomic E-state index is 0. The van der Waals surface area contributed by atoms with Crippen LogP contribution in [0.25, 0.3) is 22.3 Å². The molecule has 0 saturated carbocycles. The van der Waals surface area contributed by atoms with E-state index in [-0.39, 0.29) is 72.3 Å². The second kappa shape index (κ2) is 21.7. The van der Waals surface area contributed by atoms with Crippen molar-refractivity contribution >= 4 is 28.4 Å². The summed E-state index contributed by atoms with van der Waals surface area (Å²) in [6.07, 6.45) is 0. The Hall–Kier alpha value is -4.78. The van der Waals surface area contributed by atoms with Crippen LogP contribution in [0.4, 0.5) is 32.8 Å². The number of hydrogen-bond donors (Lipinski definition) is 2. The van der Waals surface area contributed by atoms with Gasteiger partial charge in [0, 0.05) is 34.6 Å². The Morgan fingerprint density at radius 3 is 1.49 bits per heavy atom. The number of nitrogens with zero attached hydrogens (tertiary/aromatic N) is 2. The van der Waals surface area contributed by atoms with Crippen LogP contribution < -0.4 is 67.1 Å². The van der Waals surface area contributed by atoms with Gasteiger partial charge in [-0.15, -0.1) is 0 Å². The number of hydrogen-bond acceptors (Lipinski definition) is 6. The van der Waals surface area contributed by atoms with Crippen LogP contribution in [0.2, 0.25) is 0 Å². The van der Waals surface area contributed by atoms with Crippen molar-refractivity contribution in [2.75, 3.05) is 11.1 Å². The van der Waals surface area contributed by atoms with Crippen molar-refractivity contribution in [2.45, 2.75) is 39.5 Å². The summed E-state index contributed by atoms with van der Waals surface area (Å²) in [4.78, 5) is 21.1. The molecule has 11 heteroatoms. The van der Waals surface area contributed by atoms with Crippen molar-refractivity contribution in [2.24, 2.45) is 0 Å². The minimum Gasteiger partial charge on any atom is -1.00 e. The molecule has 0 bridgehead atoms. The van der Waals surface area contributed by atoms with Gasteiger partial charge < -0.3 is 15.8 Å². The zero-order chi connectivity index (χ0) is 36.9. The van der Waals surface area contributed by atoms with Crippen molar-refractivity contribution in [3.8, 4) is 22.3 Å². The van der Waals surface area contributed by atoms with Crippen LogP contribution >= 0.6 is 0 Å². The van der Waals surface area contributed by atoms with Crippen molar-refractivity contribution in [1.82, 2.24) is 0 Å². The van der Waals surface area contributed by atoms with Crippen molar-refractivity contribution in [3.63, 3.8) is 0 Å². The number of rotatable bonds is 8. The molecule has 0 aliphatic rings. The number of halogens is 2. The van der Waals surface area contributed by atoms with E-state index in [4.69, 9.17) is 5.73 Å². The molecular weight excluding hydrogens is 702 g/mol. The summed E-state index contributed by atoms with van der Waals surface area (Å²) in [5.74, 6) is 0.0477. The smallest absolute Gasteiger partial charge is 1.00 e. The molecule has 0 fully saturated rings. The molecule has 0 aliphatic heterocycles. The first kappa shape index (κ1) is 44.4. The van der Waals surface area contributed by atoms with Gasteiger partial charge in [-0.25, -0.2) is 0 Å². The van der Waals surface area contributed by atoms with E-state index in [9.17, 15) is 24.6 Å². The molecule has 0 spiro atoms. The van der Waals surface area contributed by atoms with E-state index in [0.717, 1.165) is 34.1 Å². The fraction of sp³-hybridized carbons (Fsp3) is 0.143. The monoisotopic (exact) mass is 742 g/mol. The quantitative estimate of drug-likeness (QED) is 0.0863. The van der Waals surface area contributed by atoms with Crippen molar-refractivity contribution < 1.29 is 70.3 Å². The predicted octanol–water partition coefficient (Wildman–Crippen LogP) is 5.93. The molecule has 0 heterocycles. The molecule has 6 rings (SSSR count). The van der Waals surface area contributed by atoms with Gasteiger partial charge in [0.2, 0.25) is 5.82 Å². The molecule has 6 aromatic rings. The van der Waals surface area contributed by atoms with Gasteiger partial charge in [0.05, 0.1) is 9.85 Å². The van der Waals surface area contributed by atoms with E-state index in [1.54, 1.807) is 36.4 Å². The standard InChI is InChI=1S/C21H20N2O2.C12H8FNO2.C9H13N.FH.K/c1-15(2)17-11-6-7-13-19(17)22-21-18(16-9-4-3-5-10-16)12-8-14-20(21)23(24)25;13-12-10(9-5-2-1-3-6-9)7-4-8-11(12)14(15)16;1-7(2)8-5-3-4-6-9(8)10;;/h3-15,22H,1-2H3;1-8H;3-7H,10H2,1-2H3;1H;/q;;;;+1/p-1. The first-order valence-corrected chi connectivity index (χ1v) is 16.5. The molecule has 0 saturated heterocycles. The number of nitrogen functional groups attached to an aromatic ring is 1. The Morgan fingerprint density at radius 2 is 1.00 bits per heavy atom. The van der Waals surface area contributed by atoms with E-state index in [0.29, 0.717) is 23.1 Å². The third kappa shape index (κ3) is 12.1. The molecule has 0 unspecified atom stereocenters. The van der Waals surface area contributed by atoms with E-state index >= 15 is 0 Å². The van der Waals surface area contributed by atoms with Gasteiger partial charge >= 0.3 is 57.1 Å². The Labute approximate surface area is 351 Å². The average Bonchev–Trinajstić information content (AvgIpc) is 3.13. The second-order valence-electron chi connectivity index (χ2n) is 12.2. The molecule has 6 aromatic carbocycles. The summed E-state index contributed by atoms with van der Waals surface area (Å²) in [5, 5.41) is 25.5. The van der Waals surface area contributed by atoms with Crippen LogP contribution in [0, 0.1) is 26.0 Å². The molecule has 3 N–H and O–H groups in total. The van der Waals surface area contributed by atoms with Gasteiger partial charge in [0.15, 0.2) is 0 Å². The van der Waals surface area contributed by atoms with Crippen LogP contribution in [0.5, 0.6) is 0 Å². The number of nitro groups is 2. The van der Waals surface area contributed by atoms with Crippen molar-refractivity contribution in [3.05, 3.63) is 183 Å². The third-order valence-corrected chi connectivity index (χ3v) is 8.04. The van der Waals surface area contributed by atoms with E-state index in [1.165, 1.54) is 23.8 Å².